The number of hydrogen-bond donors (Lipinski definition) is 4. The lowest BCUT2D eigenvalue weighted by molar-refractivity contribution is -0.137. The van der Waals surface area contributed by atoms with Crippen molar-refractivity contribution in [1.82, 2.24) is 10.3 Å². The lowest BCUT2D eigenvalue weighted by Gasteiger charge is -2.18. The quantitative estimate of drug-likeness (QED) is 0.0670. The van der Waals surface area contributed by atoms with E-state index in [4.69, 9.17) is 36.7 Å². The zero-order chi connectivity index (χ0) is 37.7. The number of aliphatic hydroxyl groups is 1. The number of carboxylic acid groups (broad SMARTS) is 1. The third kappa shape index (κ3) is 10.6. The van der Waals surface area contributed by atoms with E-state index in [1.807, 2.05) is 36.4 Å². The van der Waals surface area contributed by atoms with Crippen LogP contribution in [0.15, 0.2) is 91.3 Å². The second-order valence-electron chi connectivity index (χ2n) is 12.7. The highest BCUT2D eigenvalue weighted by atomic mass is 35.5. The Balaban J connectivity index is 1.34. The summed E-state index contributed by atoms with van der Waals surface area (Å²) in [6, 6.07) is 27.3. The first-order chi connectivity index (χ1) is 25.7. The monoisotopic (exact) mass is 734 g/mol. The average molecular weight is 735 g/mol. The number of hydrogen-bond acceptors (Lipinski definition) is 9. The van der Waals surface area contributed by atoms with Crippen LogP contribution in [0.4, 0.5) is 0 Å². The lowest BCUT2D eigenvalue weighted by Crippen LogP contribution is -2.31. The van der Waals surface area contributed by atoms with Gasteiger partial charge in [0, 0.05) is 42.6 Å². The zero-order valence-corrected chi connectivity index (χ0v) is 30.5. The molecule has 1 heterocycles. The van der Waals surface area contributed by atoms with Crippen LogP contribution in [-0.2, 0) is 24.6 Å². The minimum absolute atomic E-state index is 0.0743. The van der Waals surface area contributed by atoms with Crippen molar-refractivity contribution < 1.29 is 29.2 Å². The molecule has 274 valence electrons. The molecule has 0 spiro atoms. The van der Waals surface area contributed by atoms with Gasteiger partial charge in [-0.25, -0.2) is 0 Å². The van der Waals surface area contributed by atoms with Crippen LogP contribution in [-0.4, -0.2) is 47.0 Å². The number of pyridine rings is 1. The van der Waals surface area contributed by atoms with Gasteiger partial charge in [0.15, 0.2) is 0 Å². The van der Waals surface area contributed by atoms with Gasteiger partial charge in [-0.2, -0.15) is 5.26 Å². The number of nitrogens with zero attached hydrogens (tertiary/aromatic N) is 2. The number of aliphatic hydroxyl groups excluding tert-OH is 1. The number of carboxylic acids is 1. The SMILES string of the molecule is Cc1c(COc2cc(OCc3cncc(C#N)c3)c(CNCCCC(=O)O)cc2Cl)cccc1-c1cccc(-c2ccc(OC[C@@H](N)CO)cc2)c1C. The molecule has 1 atom stereocenters. The number of carbonyl (C=O) groups is 1. The predicted octanol–water partition coefficient (Wildman–Crippen LogP) is 7.37. The van der Waals surface area contributed by atoms with E-state index in [1.54, 1.807) is 24.4 Å². The van der Waals surface area contributed by atoms with Gasteiger partial charge >= 0.3 is 5.97 Å². The molecule has 0 saturated carbocycles. The van der Waals surface area contributed by atoms with E-state index in [1.165, 1.54) is 6.20 Å². The van der Waals surface area contributed by atoms with Gasteiger partial charge in [0.25, 0.3) is 0 Å². The highest BCUT2D eigenvalue weighted by Crippen LogP contribution is 2.37. The number of nitrogens with two attached hydrogens (primary N) is 1. The molecule has 5 N–H and O–H groups in total. The minimum Gasteiger partial charge on any atom is -0.492 e. The summed E-state index contributed by atoms with van der Waals surface area (Å²) >= 11 is 6.76. The third-order valence-corrected chi connectivity index (χ3v) is 9.11. The normalized spacial score (nSPS) is 11.5. The Morgan fingerprint density at radius 3 is 2.36 bits per heavy atom. The average Bonchev–Trinajstić information content (AvgIpc) is 3.17. The van der Waals surface area contributed by atoms with E-state index >= 15 is 0 Å². The third-order valence-electron chi connectivity index (χ3n) is 8.81. The number of benzene rings is 4. The molecular formula is C42H43ClN4O6. The molecule has 0 bridgehead atoms. The van der Waals surface area contributed by atoms with Gasteiger partial charge < -0.3 is 35.5 Å². The topological polar surface area (TPSA) is 160 Å². The largest absolute Gasteiger partial charge is 0.492 e. The summed E-state index contributed by atoms with van der Waals surface area (Å²) in [5, 5.41) is 31.1. The van der Waals surface area contributed by atoms with E-state index in [0.29, 0.717) is 47.3 Å². The Bertz CT molecular complexity index is 2060. The van der Waals surface area contributed by atoms with Crippen molar-refractivity contribution in [1.29, 1.82) is 5.26 Å². The summed E-state index contributed by atoms with van der Waals surface area (Å²) in [6.45, 7) is 5.66. The van der Waals surface area contributed by atoms with Crippen LogP contribution in [0.25, 0.3) is 22.3 Å². The maximum absolute atomic E-state index is 10.9. The van der Waals surface area contributed by atoms with Crippen molar-refractivity contribution in [2.45, 2.75) is 52.5 Å². The molecule has 0 aliphatic carbocycles. The number of nitrogens with one attached hydrogen (secondary N) is 1. The molecule has 5 rings (SSSR count). The van der Waals surface area contributed by atoms with Gasteiger partial charge in [-0.1, -0.05) is 60.1 Å². The van der Waals surface area contributed by atoms with Crippen LogP contribution in [0.2, 0.25) is 5.02 Å². The Labute approximate surface area is 314 Å². The molecule has 0 unspecified atom stereocenters. The van der Waals surface area contributed by atoms with Crippen LogP contribution < -0.4 is 25.3 Å². The fraction of sp³-hybridized carbons (Fsp3) is 0.262. The number of nitriles is 1. The molecular weight excluding hydrogens is 692 g/mol. The number of rotatable bonds is 18. The maximum Gasteiger partial charge on any atom is 0.303 e. The second kappa shape index (κ2) is 18.9. The fourth-order valence-electron chi connectivity index (χ4n) is 5.85. The molecule has 0 amide bonds. The smallest absolute Gasteiger partial charge is 0.303 e. The summed E-state index contributed by atoms with van der Waals surface area (Å²) in [4.78, 5) is 15.0. The van der Waals surface area contributed by atoms with Gasteiger partial charge in [-0.15, -0.1) is 0 Å². The lowest BCUT2D eigenvalue weighted by atomic mass is 9.89. The Kier molecular flexibility index (Phi) is 13.8. The first-order valence-corrected chi connectivity index (χ1v) is 17.7. The zero-order valence-electron chi connectivity index (χ0n) is 29.8. The molecule has 0 aliphatic rings. The summed E-state index contributed by atoms with van der Waals surface area (Å²) in [5.74, 6) is 0.849. The van der Waals surface area contributed by atoms with Crippen molar-refractivity contribution in [2.24, 2.45) is 5.73 Å². The van der Waals surface area contributed by atoms with E-state index in [9.17, 15) is 15.2 Å². The van der Waals surface area contributed by atoms with Crippen molar-refractivity contribution in [3.8, 4) is 45.6 Å². The highest BCUT2D eigenvalue weighted by molar-refractivity contribution is 6.32. The molecule has 10 nitrogen and oxygen atoms in total. The minimum atomic E-state index is -0.840. The van der Waals surface area contributed by atoms with Crippen LogP contribution >= 0.6 is 11.6 Å². The van der Waals surface area contributed by atoms with Gasteiger partial charge in [-0.05, 0) is 90.0 Å². The summed E-state index contributed by atoms with van der Waals surface area (Å²) < 4.78 is 18.3. The van der Waals surface area contributed by atoms with Crippen molar-refractivity contribution in [2.75, 3.05) is 19.8 Å². The van der Waals surface area contributed by atoms with Crippen LogP contribution in [0.5, 0.6) is 17.2 Å². The fourth-order valence-corrected chi connectivity index (χ4v) is 6.09. The highest BCUT2D eigenvalue weighted by Gasteiger charge is 2.16. The first-order valence-electron chi connectivity index (χ1n) is 17.3. The number of halogens is 1. The molecule has 4 aromatic carbocycles. The molecule has 0 aliphatic heterocycles. The molecule has 5 aromatic rings. The Hall–Kier alpha value is -5.44. The summed E-state index contributed by atoms with van der Waals surface area (Å²) in [6.07, 6.45) is 3.70. The summed E-state index contributed by atoms with van der Waals surface area (Å²) in [7, 11) is 0. The molecule has 0 radical (unpaired) electrons. The van der Waals surface area contributed by atoms with Gasteiger partial charge in [0.05, 0.1) is 23.2 Å². The predicted molar refractivity (Wildman–Crippen MR) is 205 cm³/mol. The van der Waals surface area contributed by atoms with E-state index < -0.39 is 12.0 Å². The number of ether oxygens (including phenoxy) is 3. The van der Waals surface area contributed by atoms with Gasteiger partial charge in [0.1, 0.15) is 43.1 Å². The van der Waals surface area contributed by atoms with Gasteiger partial charge in [-0.3, -0.25) is 9.78 Å². The van der Waals surface area contributed by atoms with E-state index in [2.05, 4.69) is 54.5 Å². The molecule has 11 heteroatoms. The van der Waals surface area contributed by atoms with Crippen LogP contribution in [0.3, 0.4) is 0 Å². The first kappa shape index (κ1) is 38.8. The number of aliphatic carboxylic acids is 1. The second-order valence-corrected chi connectivity index (χ2v) is 13.1. The Morgan fingerprint density at radius 2 is 1.62 bits per heavy atom. The standard InChI is InChI=1S/C42H43ClN4O6/c1-27-32(6-3-8-37(27)38-9-4-7-36(28(38)2)31-11-13-35(14-12-31)51-26-34(45)23-48)25-53-41-18-40(52-24-30-16-29(19-44)20-47-21-30)33(17-39(41)43)22-46-15-5-10-42(49)50/h3-4,6-9,11-14,16-18,20-21,34,46,48H,5,10,15,22-26,45H2,1-2H3,(H,49,50)/t34-/m0/s1. The Morgan fingerprint density at radius 1 is 0.906 bits per heavy atom. The van der Waals surface area contributed by atoms with Crippen molar-refractivity contribution in [3.05, 3.63) is 130 Å². The summed E-state index contributed by atoms with van der Waals surface area (Å²) in [5.41, 5.74) is 15.3. The molecule has 0 fully saturated rings. The van der Waals surface area contributed by atoms with Crippen LogP contribution in [0.1, 0.15) is 46.2 Å². The molecule has 53 heavy (non-hydrogen) atoms. The van der Waals surface area contributed by atoms with E-state index in [-0.39, 0.29) is 32.8 Å². The van der Waals surface area contributed by atoms with Crippen LogP contribution in [0, 0.1) is 25.2 Å². The molecule has 1 aromatic heterocycles. The molecule has 0 saturated heterocycles. The maximum atomic E-state index is 10.9. The number of aromatic nitrogens is 1. The van der Waals surface area contributed by atoms with Crippen molar-refractivity contribution in [3.63, 3.8) is 0 Å². The van der Waals surface area contributed by atoms with Gasteiger partial charge in [0.2, 0.25) is 0 Å². The van der Waals surface area contributed by atoms with E-state index in [0.717, 1.165) is 50.1 Å². The van der Waals surface area contributed by atoms with Crippen molar-refractivity contribution >= 4 is 17.6 Å².